The lowest BCUT2D eigenvalue weighted by atomic mass is 9.89. The van der Waals surface area contributed by atoms with Crippen molar-refractivity contribution in [2.45, 2.75) is 32.7 Å². The summed E-state index contributed by atoms with van der Waals surface area (Å²) in [5.74, 6) is -0.0771. The van der Waals surface area contributed by atoms with Gasteiger partial charge in [0.15, 0.2) is 0 Å². The van der Waals surface area contributed by atoms with Gasteiger partial charge in [-0.05, 0) is 48.4 Å². The third-order valence-corrected chi connectivity index (χ3v) is 7.07. The largest absolute Gasteiger partial charge is 0.273 e. The quantitative estimate of drug-likeness (QED) is 0.271. The van der Waals surface area contributed by atoms with Gasteiger partial charge in [0.2, 0.25) is 5.91 Å². The second kappa shape index (κ2) is 9.62. The van der Waals surface area contributed by atoms with E-state index in [0.717, 1.165) is 44.6 Å². The number of hydrazone groups is 1. The van der Waals surface area contributed by atoms with E-state index in [1.54, 1.807) is 17.1 Å². The summed E-state index contributed by atoms with van der Waals surface area (Å²) in [6.07, 6.45) is 0.829. The fraction of sp³-hybridized carbons (Fsp3) is 0.179. The van der Waals surface area contributed by atoms with Crippen LogP contribution < -0.4 is 0 Å². The lowest BCUT2D eigenvalue weighted by Crippen LogP contribution is -2.26. The zero-order valence-electron chi connectivity index (χ0n) is 19.2. The minimum Gasteiger partial charge on any atom is -0.273 e. The molecule has 4 aromatic rings. The highest BCUT2D eigenvalue weighted by Crippen LogP contribution is 2.41. The SMILES string of the molecule is CCC(=O)N1N=C(c2c(C)nc3ccc(Cl)cc3c2-c2ccccc2)C[C@@H]1c1ccc(Cl)cc1Cl. The maximum atomic E-state index is 13.0. The summed E-state index contributed by atoms with van der Waals surface area (Å²) in [6.45, 7) is 3.81. The molecule has 2 heterocycles. The van der Waals surface area contributed by atoms with Crippen LogP contribution in [0.4, 0.5) is 0 Å². The van der Waals surface area contributed by atoms with Crippen LogP contribution in [0.5, 0.6) is 0 Å². The van der Waals surface area contributed by atoms with Crippen LogP contribution in [0.1, 0.15) is 42.6 Å². The molecule has 0 spiro atoms. The number of rotatable bonds is 4. The van der Waals surface area contributed by atoms with E-state index >= 15 is 0 Å². The van der Waals surface area contributed by atoms with Crippen LogP contribution in [0.3, 0.4) is 0 Å². The molecule has 0 aliphatic carbocycles. The Bertz CT molecular complexity index is 1480. The van der Waals surface area contributed by atoms with Crippen LogP contribution in [0, 0.1) is 6.92 Å². The van der Waals surface area contributed by atoms with E-state index in [-0.39, 0.29) is 11.9 Å². The summed E-state index contributed by atoms with van der Waals surface area (Å²) in [7, 11) is 0. The highest BCUT2D eigenvalue weighted by molar-refractivity contribution is 6.35. The molecule has 4 nitrogen and oxygen atoms in total. The van der Waals surface area contributed by atoms with Gasteiger partial charge in [-0.2, -0.15) is 5.10 Å². The summed E-state index contributed by atoms with van der Waals surface area (Å²) in [4.78, 5) is 17.8. The molecule has 3 aromatic carbocycles. The van der Waals surface area contributed by atoms with E-state index in [1.165, 1.54) is 0 Å². The van der Waals surface area contributed by atoms with Crippen molar-refractivity contribution in [3.05, 3.63) is 98.6 Å². The average molecular weight is 523 g/mol. The van der Waals surface area contributed by atoms with Crippen molar-refractivity contribution >= 4 is 57.3 Å². The van der Waals surface area contributed by atoms with Gasteiger partial charge in [-0.3, -0.25) is 9.78 Å². The van der Waals surface area contributed by atoms with Gasteiger partial charge in [0.25, 0.3) is 0 Å². The van der Waals surface area contributed by atoms with Crippen LogP contribution in [-0.4, -0.2) is 21.6 Å². The fourth-order valence-corrected chi connectivity index (χ4v) is 5.39. The van der Waals surface area contributed by atoms with Gasteiger partial charge in [0.05, 0.1) is 17.3 Å². The molecule has 0 saturated carbocycles. The van der Waals surface area contributed by atoms with Crippen molar-refractivity contribution in [3.63, 3.8) is 0 Å². The number of aromatic nitrogens is 1. The number of hydrogen-bond acceptors (Lipinski definition) is 3. The van der Waals surface area contributed by atoms with Gasteiger partial charge in [-0.25, -0.2) is 5.01 Å². The maximum Gasteiger partial charge on any atom is 0.242 e. The monoisotopic (exact) mass is 521 g/mol. The van der Waals surface area contributed by atoms with Gasteiger partial charge in [-0.15, -0.1) is 0 Å². The molecular weight excluding hydrogens is 501 g/mol. The number of amides is 1. The van der Waals surface area contributed by atoms with E-state index in [4.69, 9.17) is 44.9 Å². The Morgan fingerprint density at radius 1 is 0.971 bits per heavy atom. The molecule has 0 fully saturated rings. The van der Waals surface area contributed by atoms with Crippen LogP contribution in [0.15, 0.2) is 71.8 Å². The number of benzene rings is 3. The van der Waals surface area contributed by atoms with Gasteiger partial charge < -0.3 is 0 Å². The average Bonchev–Trinajstić information content (AvgIpc) is 3.28. The van der Waals surface area contributed by atoms with Gasteiger partial charge >= 0.3 is 0 Å². The summed E-state index contributed by atoms with van der Waals surface area (Å²) in [5.41, 5.74) is 6.23. The van der Waals surface area contributed by atoms with Crippen molar-refractivity contribution < 1.29 is 4.79 Å². The van der Waals surface area contributed by atoms with Crippen LogP contribution in [0.2, 0.25) is 15.1 Å². The summed E-state index contributed by atoms with van der Waals surface area (Å²) < 4.78 is 0. The number of pyridine rings is 1. The zero-order chi connectivity index (χ0) is 24.7. The highest BCUT2D eigenvalue weighted by Gasteiger charge is 2.35. The molecule has 5 rings (SSSR count). The Labute approximate surface area is 219 Å². The number of halogens is 3. The molecule has 0 bridgehead atoms. The first kappa shape index (κ1) is 23.8. The predicted molar refractivity (Wildman–Crippen MR) is 144 cm³/mol. The molecule has 1 amide bonds. The van der Waals surface area contributed by atoms with Crippen molar-refractivity contribution in [3.8, 4) is 11.1 Å². The molecule has 0 unspecified atom stereocenters. The summed E-state index contributed by atoms with van der Waals surface area (Å²) in [5, 5.41) is 9.05. The summed E-state index contributed by atoms with van der Waals surface area (Å²) in [6, 6.07) is 20.9. The fourth-order valence-electron chi connectivity index (χ4n) is 4.68. The maximum absolute atomic E-state index is 13.0. The Hall–Kier alpha value is -2.92. The van der Waals surface area contributed by atoms with Crippen LogP contribution in [-0.2, 0) is 4.79 Å². The topological polar surface area (TPSA) is 45.6 Å². The van der Waals surface area contributed by atoms with E-state index in [1.807, 2.05) is 56.3 Å². The van der Waals surface area contributed by atoms with Gasteiger partial charge in [-0.1, -0.05) is 78.1 Å². The number of carbonyl (C=O) groups is 1. The second-order valence-electron chi connectivity index (χ2n) is 8.50. The first-order valence-electron chi connectivity index (χ1n) is 11.4. The lowest BCUT2D eigenvalue weighted by molar-refractivity contribution is -0.132. The van der Waals surface area contributed by atoms with E-state index < -0.39 is 0 Å². The molecule has 1 aliphatic heterocycles. The molecule has 1 atom stereocenters. The first-order valence-corrected chi connectivity index (χ1v) is 12.5. The Morgan fingerprint density at radius 2 is 1.69 bits per heavy atom. The lowest BCUT2D eigenvalue weighted by Gasteiger charge is -2.22. The van der Waals surface area contributed by atoms with Gasteiger partial charge in [0.1, 0.15) is 0 Å². The van der Waals surface area contributed by atoms with Crippen molar-refractivity contribution in [2.24, 2.45) is 5.10 Å². The summed E-state index contributed by atoms with van der Waals surface area (Å²) >= 11 is 19.1. The minimum atomic E-state index is -0.333. The van der Waals surface area contributed by atoms with Crippen LogP contribution >= 0.6 is 34.8 Å². The van der Waals surface area contributed by atoms with Crippen molar-refractivity contribution in [1.29, 1.82) is 0 Å². The van der Waals surface area contributed by atoms with Crippen LogP contribution in [0.25, 0.3) is 22.0 Å². The Balaban J connectivity index is 1.74. The predicted octanol–water partition coefficient (Wildman–Crippen LogP) is 8.26. The number of aryl methyl sites for hydroxylation is 1. The normalized spacial score (nSPS) is 15.5. The first-order chi connectivity index (χ1) is 16.9. The number of nitrogens with zero attached hydrogens (tertiary/aromatic N) is 3. The van der Waals surface area contributed by atoms with E-state index in [0.29, 0.717) is 27.9 Å². The molecule has 0 N–H and O–H groups in total. The third-order valence-electron chi connectivity index (χ3n) is 6.27. The molecule has 35 heavy (non-hydrogen) atoms. The zero-order valence-corrected chi connectivity index (χ0v) is 21.5. The van der Waals surface area contributed by atoms with E-state index in [2.05, 4.69) is 12.1 Å². The number of fused-ring (bicyclic) bond motifs is 1. The molecule has 7 heteroatoms. The second-order valence-corrected chi connectivity index (χ2v) is 9.78. The molecule has 0 radical (unpaired) electrons. The highest BCUT2D eigenvalue weighted by atomic mass is 35.5. The molecular formula is C28H22Cl3N3O. The Kier molecular flexibility index (Phi) is 6.54. The van der Waals surface area contributed by atoms with Gasteiger partial charge in [0, 0.05) is 50.1 Å². The number of hydrogen-bond donors (Lipinski definition) is 0. The molecule has 1 aliphatic rings. The van der Waals surface area contributed by atoms with Crippen molar-refractivity contribution in [2.75, 3.05) is 0 Å². The smallest absolute Gasteiger partial charge is 0.242 e. The third kappa shape index (κ3) is 4.42. The number of carbonyl (C=O) groups excluding carboxylic acids is 1. The molecule has 0 saturated heterocycles. The Morgan fingerprint density at radius 3 is 2.40 bits per heavy atom. The molecule has 1 aromatic heterocycles. The molecule has 176 valence electrons. The van der Waals surface area contributed by atoms with Crippen molar-refractivity contribution in [1.82, 2.24) is 9.99 Å². The van der Waals surface area contributed by atoms with E-state index in [9.17, 15) is 4.79 Å². The standard InChI is InChI=1S/C28H22Cl3N3O/c1-3-26(35)34-25(20-11-9-19(30)14-22(20)31)15-24(33-34)27-16(2)32-23-12-10-18(29)13-21(23)28(27)17-7-5-4-6-8-17/h4-14,25H,3,15H2,1-2H3/t25-/m1/s1. The minimum absolute atomic E-state index is 0.0771.